The largest absolute Gasteiger partial charge is 0.306 e. The Bertz CT molecular complexity index is 464. The van der Waals surface area contributed by atoms with Gasteiger partial charge in [0.25, 0.3) is 5.91 Å². The van der Waals surface area contributed by atoms with Crippen molar-refractivity contribution in [1.29, 1.82) is 0 Å². The second kappa shape index (κ2) is 4.23. The first-order valence-corrected chi connectivity index (χ1v) is 5.36. The molecule has 0 fully saturated rings. The lowest BCUT2D eigenvalue weighted by molar-refractivity contribution is 0.103. The summed E-state index contributed by atoms with van der Waals surface area (Å²) in [6.07, 6.45) is 1.65. The number of aryl methyl sites for hydroxylation is 1. The van der Waals surface area contributed by atoms with Crippen molar-refractivity contribution in [2.45, 2.75) is 6.92 Å². The van der Waals surface area contributed by atoms with Crippen molar-refractivity contribution in [2.75, 3.05) is 5.32 Å². The summed E-state index contributed by atoms with van der Waals surface area (Å²) >= 11 is 1.48. The molecule has 0 unspecified atom stereocenters. The molecule has 2 rings (SSSR count). The van der Waals surface area contributed by atoms with E-state index in [1.54, 1.807) is 12.3 Å². The van der Waals surface area contributed by atoms with Crippen LogP contribution >= 0.6 is 11.3 Å². The first-order valence-electron chi connectivity index (χ1n) is 4.54. The summed E-state index contributed by atoms with van der Waals surface area (Å²) in [6, 6.07) is 9.15. The number of nitrogens with zero attached hydrogens (tertiary/aromatic N) is 1. The Labute approximate surface area is 91.8 Å². The third kappa shape index (κ3) is 2.41. The lowest BCUT2D eigenvalue weighted by atomic mass is 10.4. The van der Waals surface area contributed by atoms with Gasteiger partial charge >= 0.3 is 0 Å². The van der Waals surface area contributed by atoms with Crippen LogP contribution in [0.3, 0.4) is 0 Å². The molecule has 0 spiro atoms. The average molecular weight is 218 g/mol. The second-order valence-corrected chi connectivity index (χ2v) is 4.37. The minimum Gasteiger partial charge on any atom is -0.306 e. The molecule has 0 bridgehead atoms. The van der Waals surface area contributed by atoms with Gasteiger partial charge in [0.15, 0.2) is 0 Å². The van der Waals surface area contributed by atoms with E-state index in [1.807, 2.05) is 31.2 Å². The fourth-order valence-corrected chi connectivity index (χ4v) is 1.93. The third-order valence-corrected chi connectivity index (χ3v) is 2.87. The number of pyridine rings is 1. The first kappa shape index (κ1) is 9.86. The van der Waals surface area contributed by atoms with E-state index in [2.05, 4.69) is 10.3 Å². The van der Waals surface area contributed by atoms with E-state index in [9.17, 15) is 4.79 Å². The van der Waals surface area contributed by atoms with Gasteiger partial charge in [-0.3, -0.25) is 4.79 Å². The highest BCUT2D eigenvalue weighted by molar-refractivity contribution is 7.14. The number of nitrogens with one attached hydrogen (secondary N) is 1. The number of hydrogen-bond acceptors (Lipinski definition) is 3. The maximum Gasteiger partial charge on any atom is 0.266 e. The van der Waals surface area contributed by atoms with E-state index in [4.69, 9.17) is 0 Å². The quantitative estimate of drug-likeness (QED) is 0.842. The van der Waals surface area contributed by atoms with Crippen LogP contribution in [0.15, 0.2) is 36.5 Å². The highest BCUT2D eigenvalue weighted by atomic mass is 32.1. The molecule has 0 saturated carbocycles. The van der Waals surface area contributed by atoms with E-state index < -0.39 is 0 Å². The Kier molecular flexibility index (Phi) is 2.78. The molecule has 1 N–H and O–H groups in total. The van der Waals surface area contributed by atoms with Crippen LogP contribution in [0, 0.1) is 6.92 Å². The van der Waals surface area contributed by atoms with Gasteiger partial charge in [0, 0.05) is 11.1 Å². The molecular formula is C11H10N2OS. The van der Waals surface area contributed by atoms with E-state index in [-0.39, 0.29) is 5.91 Å². The van der Waals surface area contributed by atoms with Gasteiger partial charge in [0.2, 0.25) is 0 Å². The number of aromatic nitrogens is 1. The van der Waals surface area contributed by atoms with Gasteiger partial charge < -0.3 is 5.32 Å². The van der Waals surface area contributed by atoms with Gasteiger partial charge in [0.05, 0.1) is 4.88 Å². The summed E-state index contributed by atoms with van der Waals surface area (Å²) in [5.41, 5.74) is 0. The van der Waals surface area contributed by atoms with Gasteiger partial charge in [-0.05, 0) is 31.2 Å². The topological polar surface area (TPSA) is 42.0 Å². The predicted molar refractivity (Wildman–Crippen MR) is 61.2 cm³/mol. The standard InChI is InChI=1S/C11H10N2OS/c1-8-5-6-9(15-8)11(14)13-10-4-2-3-7-12-10/h2-7H,1H3,(H,12,13,14). The number of carbonyl (C=O) groups excluding carboxylic acids is 1. The highest BCUT2D eigenvalue weighted by Crippen LogP contribution is 2.16. The Morgan fingerprint density at radius 1 is 1.33 bits per heavy atom. The molecule has 0 aliphatic heterocycles. The molecule has 0 aromatic carbocycles. The molecule has 2 heterocycles. The van der Waals surface area contributed by atoms with Crippen molar-refractivity contribution in [3.63, 3.8) is 0 Å². The number of carbonyl (C=O) groups is 1. The lowest BCUT2D eigenvalue weighted by Gasteiger charge is -2.00. The maximum absolute atomic E-state index is 11.7. The fourth-order valence-electron chi connectivity index (χ4n) is 1.17. The number of thiophene rings is 1. The van der Waals surface area contributed by atoms with Crippen molar-refractivity contribution in [2.24, 2.45) is 0 Å². The van der Waals surface area contributed by atoms with Crippen LogP contribution in [0.5, 0.6) is 0 Å². The average Bonchev–Trinajstić information content (AvgIpc) is 2.66. The zero-order chi connectivity index (χ0) is 10.7. The number of hydrogen-bond donors (Lipinski definition) is 1. The molecule has 0 aliphatic rings. The van der Waals surface area contributed by atoms with Crippen LogP contribution in [0.2, 0.25) is 0 Å². The van der Waals surface area contributed by atoms with Crippen LogP contribution in [0.1, 0.15) is 14.5 Å². The number of anilines is 1. The summed E-state index contributed by atoms with van der Waals surface area (Å²) in [7, 11) is 0. The highest BCUT2D eigenvalue weighted by Gasteiger charge is 2.07. The van der Waals surface area contributed by atoms with Crippen LogP contribution in [0.25, 0.3) is 0 Å². The molecule has 0 atom stereocenters. The van der Waals surface area contributed by atoms with Crippen molar-refractivity contribution < 1.29 is 4.79 Å². The number of rotatable bonds is 2. The lowest BCUT2D eigenvalue weighted by Crippen LogP contribution is -2.10. The summed E-state index contributed by atoms with van der Waals surface area (Å²) < 4.78 is 0. The second-order valence-electron chi connectivity index (χ2n) is 3.08. The molecule has 0 radical (unpaired) electrons. The van der Waals surface area contributed by atoms with Crippen LogP contribution < -0.4 is 5.32 Å². The Morgan fingerprint density at radius 2 is 2.20 bits per heavy atom. The molecule has 2 aromatic heterocycles. The predicted octanol–water partition coefficient (Wildman–Crippen LogP) is 2.70. The van der Waals surface area contributed by atoms with Crippen LogP contribution in [0.4, 0.5) is 5.82 Å². The van der Waals surface area contributed by atoms with Crippen LogP contribution in [-0.4, -0.2) is 10.9 Å². The van der Waals surface area contributed by atoms with E-state index in [1.165, 1.54) is 11.3 Å². The van der Waals surface area contributed by atoms with Gasteiger partial charge in [-0.2, -0.15) is 0 Å². The molecular weight excluding hydrogens is 208 g/mol. The van der Waals surface area contributed by atoms with E-state index in [0.717, 1.165) is 4.88 Å². The minimum atomic E-state index is -0.105. The zero-order valence-corrected chi connectivity index (χ0v) is 9.04. The third-order valence-electron chi connectivity index (χ3n) is 1.87. The molecule has 15 heavy (non-hydrogen) atoms. The van der Waals surface area contributed by atoms with Crippen LogP contribution in [-0.2, 0) is 0 Å². The van der Waals surface area contributed by atoms with Crippen molar-refractivity contribution >= 4 is 23.1 Å². The maximum atomic E-state index is 11.7. The molecule has 1 amide bonds. The summed E-state index contributed by atoms with van der Waals surface area (Å²) in [6.45, 7) is 1.97. The van der Waals surface area contributed by atoms with Gasteiger partial charge in [0.1, 0.15) is 5.82 Å². The summed E-state index contributed by atoms with van der Waals surface area (Å²) in [4.78, 5) is 17.5. The van der Waals surface area contributed by atoms with Gasteiger partial charge in [-0.15, -0.1) is 11.3 Å². The smallest absolute Gasteiger partial charge is 0.266 e. The van der Waals surface area contributed by atoms with Crippen molar-refractivity contribution in [3.05, 3.63) is 46.3 Å². The molecule has 4 heteroatoms. The Hall–Kier alpha value is -1.68. The minimum absolute atomic E-state index is 0.105. The Balaban J connectivity index is 2.11. The molecule has 2 aromatic rings. The molecule has 0 aliphatic carbocycles. The van der Waals surface area contributed by atoms with Gasteiger partial charge in [-0.1, -0.05) is 6.07 Å². The van der Waals surface area contributed by atoms with Crippen molar-refractivity contribution in [1.82, 2.24) is 4.98 Å². The SMILES string of the molecule is Cc1ccc(C(=O)Nc2ccccn2)s1. The van der Waals surface area contributed by atoms with E-state index >= 15 is 0 Å². The first-order chi connectivity index (χ1) is 7.25. The number of amides is 1. The monoisotopic (exact) mass is 218 g/mol. The van der Waals surface area contributed by atoms with Crippen molar-refractivity contribution in [3.8, 4) is 0 Å². The molecule has 0 saturated heterocycles. The van der Waals surface area contributed by atoms with E-state index in [0.29, 0.717) is 10.7 Å². The molecule has 76 valence electrons. The normalized spacial score (nSPS) is 9.93. The van der Waals surface area contributed by atoms with Gasteiger partial charge in [-0.25, -0.2) is 4.98 Å². The summed E-state index contributed by atoms with van der Waals surface area (Å²) in [5, 5.41) is 2.73. The zero-order valence-electron chi connectivity index (χ0n) is 8.23. The summed E-state index contributed by atoms with van der Waals surface area (Å²) in [5.74, 6) is 0.473. The Morgan fingerprint density at radius 3 is 2.80 bits per heavy atom. The molecule has 3 nitrogen and oxygen atoms in total. The fraction of sp³-hybridized carbons (Fsp3) is 0.0909.